The van der Waals surface area contributed by atoms with Gasteiger partial charge in [-0.25, -0.2) is 0 Å². The summed E-state index contributed by atoms with van der Waals surface area (Å²) in [5.74, 6) is -1.38. The summed E-state index contributed by atoms with van der Waals surface area (Å²) in [6.45, 7) is 0.244. The van der Waals surface area contributed by atoms with Gasteiger partial charge in [0.15, 0.2) is 0 Å². The maximum atomic E-state index is 11.5. The summed E-state index contributed by atoms with van der Waals surface area (Å²) in [5.41, 5.74) is 0. The van der Waals surface area contributed by atoms with E-state index >= 15 is 0 Å². The third kappa shape index (κ3) is 3.37. The molecule has 0 radical (unpaired) electrons. The molecule has 16 heavy (non-hydrogen) atoms. The Hall–Kier alpha value is -1.87. The molecule has 6 heteroatoms. The number of carbonyl (C=O) groups is 2. The molecule has 0 bridgehead atoms. The minimum Gasteiger partial charge on any atom is -0.335 e. The van der Waals surface area contributed by atoms with Crippen LogP contribution in [0.2, 0.25) is 0 Å². The summed E-state index contributed by atoms with van der Waals surface area (Å²) in [5, 5.41) is 12.4. The van der Waals surface area contributed by atoms with Crippen molar-refractivity contribution in [1.29, 1.82) is 5.26 Å². The van der Waals surface area contributed by atoms with E-state index in [2.05, 4.69) is 5.32 Å². The highest BCUT2D eigenvalue weighted by atomic mass is 32.1. The van der Waals surface area contributed by atoms with Crippen LogP contribution in [0.3, 0.4) is 0 Å². The van der Waals surface area contributed by atoms with Gasteiger partial charge in [0.25, 0.3) is 0 Å². The highest BCUT2D eigenvalue weighted by molar-refractivity contribution is 7.09. The molecule has 0 aromatic carbocycles. The van der Waals surface area contributed by atoms with E-state index in [1.54, 1.807) is 13.1 Å². The molecule has 0 unspecified atom stereocenters. The molecule has 84 valence electrons. The Morgan fingerprint density at radius 2 is 2.38 bits per heavy atom. The second kappa shape index (κ2) is 5.88. The molecule has 0 saturated heterocycles. The topological polar surface area (TPSA) is 73.2 Å². The van der Waals surface area contributed by atoms with E-state index in [4.69, 9.17) is 5.26 Å². The maximum Gasteiger partial charge on any atom is 0.311 e. The van der Waals surface area contributed by atoms with Crippen molar-refractivity contribution >= 4 is 23.2 Å². The third-order valence-electron chi connectivity index (χ3n) is 1.84. The van der Waals surface area contributed by atoms with E-state index in [1.807, 2.05) is 17.5 Å². The number of nitrogens with one attached hydrogen (secondary N) is 1. The first-order valence-electron chi connectivity index (χ1n) is 4.57. The molecule has 0 aliphatic rings. The Bertz CT molecular complexity index is 408. The Morgan fingerprint density at radius 3 is 2.94 bits per heavy atom. The molecule has 1 aromatic heterocycles. The van der Waals surface area contributed by atoms with Gasteiger partial charge in [-0.1, -0.05) is 6.07 Å². The van der Waals surface area contributed by atoms with E-state index < -0.39 is 11.8 Å². The first-order valence-corrected chi connectivity index (χ1v) is 5.45. The zero-order valence-corrected chi connectivity index (χ0v) is 9.58. The molecule has 0 spiro atoms. The largest absolute Gasteiger partial charge is 0.335 e. The fraction of sp³-hybridized carbons (Fsp3) is 0.300. The summed E-state index contributed by atoms with van der Waals surface area (Å²) in [6.07, 6.45) is 0. The van der Waals surface area contributed by atoms with Crippen molar-refractivity contribution in [3.8, 4) is 6.07 Å². The first-order chi connectivity index (χ1) is 7.65. The number of hydrogen-bond donors (Lipinski definition) is 1. The van der Waals surface area contributed by atoms with E-state index in [1.165, 1.54) is 16.2 Å². The normalized spacial score (nSPS) is 9.25. The van der Waals surface area contributed by atoms with Crippen molar-refractivity contribution in [2.24, 2.45) is 0 Å². The van der Waals surface area contributed by atoms with E-state index in [-0.39, 0.29) is 6.54 Å². The molecular weight excluding hydrogens is 226 g/mol. The highest BCUT2D eigenvalue weighted by Gasteiger charge is 2.18. The Labute approximate surface area is 97.3 Å². The lowest BCUT2D eigenvalue weighted by molar-refractivity contribution is -0.145. The molecule has 0 aliphatic carbocycles. The van der Waals surface area contributed by atoms with Gasteiger partial charge in [-0.05, 0) is 11.4 Å². The van der Waals surface area contributed by atoms with Crippen LogP contribution in [0.25, 0.3) is 0 Å². The number of amides is 2. The van der Waals surface area contributed by atoms with E-state index in [0.717, 1.165) is 4.88 Å². The van der Waals surface area contributed by atoms with Gasteiger partial charge in [0.05, 0.1) is 12.6 Å². The fourth-order valence-corrected chi connectivity index (χ4v) is 1.83. The minimum absolute atomic E-state index is 0.155. The number of likely N-dealkylation sites (N-methyl/N-ethyl adjacent to an activating group) is 1. The number of nitriles is 1. The summed E-state index contributed by atoms with van der Waals surface area (Å²) in [4.78, 5) is 25.0. The van der Waals surface area contributed by atoms with Gasteiger partial charge in [-0.15, -0.1) is 11.3 Å². The van der Waals surface area contributed by atoms with Crippen molar-refractivity contribution in [1.82, 2.24) is 10.2 Å². The fourth-order valence-electron chi connectivity index (χ4n) is 1.08. The van der Waals surface area contributed by atoms with Gasteiger partial charge in [0.2, 0.25) is 0 Å². The number of rotatable bonds is 3. The number of carbonyl (C=O) groups excluding carboxylic acids is 2. The predicted octanol–water partition coefficient (Wildman–Crippen LogP) is 0.346. The van der Waals surface area contributed by atoms with Crippen LogP contribution in [-0.2, 0) is 16.1 Å². The molecule has 0 fully saturated rings. The van der Waals surface area contributed by atoms with Crippen LogP contribution >= 0.6 is 11.3 Å². The molecule has 0 aliphatic heterocycles. The van der Waals surface area contributed by atoms with Crippen LogP contribution in [-0.4, -0.2) is 30.3 Å². The van der Waals surface area contributed by atoms with Gasteiger partial charge < -0.3 is 10.2 Å². The zero-order chi connectivity index (χ0) is 12.0. The van der Waals surface area contributed by atoms with Crippen molar-refractivity contribution in [3.05, 3.63) is 22.4 Å². The van der Waals surface area contributed by atoms with Crippen molar-refractivity contribution in [2.45, 2.75) is 6.54 Å². The minimum atomic E-state index is -0.749. The SMILES string of the molecule is CN(Cc1cccs1)C(=O)C(=O)NCC#N. The summed E-state index contributed by atoms with van der Waals surface area (Å²) in [6, 6.07) is 5.51. The van der Waals surface area contributed by atoms with Crippen LogP contribution in [0, 0.1) is 11.3 Å². The van der Waals surface area contributed by atoms with Crippen LogP contribution in [0.1, 0.15) is 4.88 Å². The summed E-state index contributed by atoms with van der Waals surface area (Å²) < 4.78 is 0. The van der Waals surface area contributed by atoms with Gasteiger partial charge in [0.1, 0.15) is 6.54 Å². The first kappa shape index (κ1) is 12.2. The second-order valence-corrected chi connectivity index (χ2v) is 4.11. The van der Waals surface area contributed by atoms with Gasteiger partial charge in [0, 0.05) is 11.9 Å². The number of thiophene rings is 1. The molecule has 5 nitrogen and oxygen atoms in total. The number of hydrogen-bond acceptors (Lipinski definition) is 4. The lowest BCUT2D eigenvalue weighted by atomic mass is 10.4. The van der Waals surface area contributed by atoms with Crippen molar-refractivity contribution in [3.63, 3.8) is 0 Å². The highest BCUT2D eigenvalue weighted by Crippen LogP contribution is 2.10. The van der Waals surface area contributed by atoms with Crippen molar-refractivity contribution < 1.29 is 9.59 Å². The van der Waals surface area contributed by atoms with Crippen molar-refractivity contribution in [2.75, 3.05) is 13.6 Å². The lowest BCUT2D eigenvalue weighted by Gasteiger charge is -2.14. The predicted molar refractivity (Wildman–Crippen MR) is 59.4 cm³/mol. The smallest absolute Gasteiger partial charge is 0.311 e. The van der Waals surface area contributed by atoms with Gasteiger partial charge in [-0.2, -0.15) is 5.26 Å². The average Bonchev–Trinajstić information content (AvgIpc) is 2.77. The van der Waals surface area contributed by atoms with Crippen LogP contribution in [0.15, 0.2) is 17.5 Å². The monoisotopic (exact) mass is 237 g/mol. The molecule has 1 N–H and O–H groups in total. The standard InChI is InChI=1S/C10H11N3O2S/c1-13(7-8-3-2-6-16-8)10(15)9(14)12-5-4-11/h2-3,6H,5,7H2,1H3,(H,12,14). The Morgan fingerprint density at radius 1 is 1.62 bits per heavy atom. The molecule has 0 saturated carbocycles. The maximum absolute atomic E-state index is 11.5. The van der Waals surface area contributed by atoms with Crippen LogP contribution < -0.4 is 5.32 Å². The van der Waals surface area contributed by atoms with E-state index in [0.29, 0.717) is 6.54 Å². The molecule has 1 aromatic rings. The third-order valence-corrected chi connectivity index (χ3v) is 2.70. The molecule has 2 amide bonds. The molecule has 0 atom stereocenters. The average molecular weight is 237 g/mol. The summed E-state index contributed by atoms with van der Waals surface area (Å²) >= 11 is 1.52. The number of nitrogens with zero attached hydrogens (tertiary/aromatic N) is 2. The summed E-state index contributed by atoms with van der Waals surface area (Å²) in [7, 11) is 1.55. The Balaban J connectivity index is 2.48. The second-order valence-electron chi connectivity index (χ2n) is 3.08. The lowest BCUT2D eigenvalue weighted by Crippen LogP contribution is -2.40. The Kier molecular flexibility index (Phi) is 4.48. The van der Waals surface area contributed by atoms with E-state index in [9.17, 15) is 9.59 Å². The van der Waals surface area contributed by atoms with Crippen LogP contribution in [0.4, 0.5) is 0 Å². The van der Waals surface area contributed by atoms with Crippen LogP contribution in [0.5, 0.6) is 0 Å². The quantitative estimate of drug-likeness (QED) is 0.609. The van der Waals surface area contributed by atoms with Gasteiger partial charge >= 0.3 is 11.8 Å². The van der Waals surface area contributed by atoms with Gasteiger partial charge in [-0.3, -0.25) is 9.59 Å². The molecular formula is C10H11N3O2S. The molecule has 1 heterocycles. The molecule has 1 rings (SSSR count). The zero-order valence-electron chi connectivity index (χ0n) is 8.77.